The normalized spacial score (nSPS) is 13.7. The Morgan fingerprint density at radius 3 is 1.84 bits per heavy atom. The van der Waals surface area contributed by atoms with Crippen LogP contribution in [0.1, 0.15) is 25.0 Å². The van der Waals surface area contributed by atoms with Crippen molar-refractivity contribution in [1.82, 2.24) is 0 Å². The van der Waals surface area contributed by atoms with E-state index in [1.807, 2.05) is 11.3 Å². The molecule has 7 aromatic carbocycles. The molecule has 212 valence electrons. The molecule has 8 aromatic rings. The van der Waals surface area contributed by atoms with E-state index in [0.717, 1.165) is 17.1 Å². The van der Waals surface area contributed by atoms with Gasteiger partial charge in [-0.2, -0.15) is 0 Å². The number of fused-ring (bicyclic) bond motifs is 1. The lowest BCUT2D eigenvalue weighted by Crippen LogP contribution is -2.14. The molecule has 0 unspecified atom stereocenters. The van der Waals surface area contributed by atoms with Crippen LogP contribution in [0.4, 0.5) is 17.1 Å². The number of hydrogen-bond acceptors (Lipinski definition) is 2. The van der Waals surface area contributed by atoms with Gasteiger partial charge in [-0.15, -0.1) is 11.3 Å². The van der Waals surface area contributed by atoms with Crippen molar-refractivity contribution < 1.29 is 0 Å². The van der Waals surface area contributed by atoms with E-state index in [1.54, 1.807) is 0 Å². The van der Waals surface area contributed by atoms with Crippen molar-refractivity contribution in [2.24, 2.45) is 0 Å². The summed E-state index contributed by atoms with van der Waals surface area (Å²) in [6.45, 7) is 4.80. The van der Waals surface area contributed by atoms with Crippen LogP contribution in [-0.4, -0.2) is 0 Å². The van der Waals surface area contributed by atoms with E-state index in [2.05, 4.69) is 158 Å². The molecule has 45 heavy (non-hydrogen) atoms. The zero-order valence-electron chi connectivity index (χ0n) is 25.1. The summed E-state index contributed by atoms with van der Waals surface area (Å²) in [4.78, 5) is 2.33. The van der Waals surface area contributed by atoms with Gasteiger partial charge in [-0.1, -0.05) is 105 Å². The monoisotopic (exact) mass is 591 g/mol. The van der Waals surface area contributed by atoms with Crippen LogP contribution < -0.4 is 4.90 Å². The molecule has 0 fully saturated rings. The van der Waals surface area contributed by atoms with Crippen molar-refractivity contribution >= 4 is 59.3 Å². The second-order valence-electron chi connectivity index (χ2n) is 12.9. The van der Waals surface area contributed by atoms with Crippen molar-refractivity contribution in [3.8, 4) is 33.4 Å². The minimum atomic E-state index is -0.0431. The van der Waals surface area contributed by atoms with E-state index in [1.165, 1.54) is 75.5 Å². The lowest BCUT2D eigenvalue weighted by Gasteiger charge is -2.25. The molecule has 0 radical (unpaired) electrons. The third-order valence-electron chi connectivity index (χ3n) is 10.2. The van der Waals surface area contributed by atoms with Gasteiger partial charge in [0, 0.05) is 42.6 Å². The predicted octanol–water partition coefficient (Wildman–Crippen LogP) is 12.6. The van der Waals surface area contributed by atoms with Crippen molar-refractivity contribution in [2.75, 3.05) is 4.90 Å². The maximum atomic E-state index is 2.46. The van der Waals surface area contributed by atoms with Crippen LogP contribution in [0.3, 0.4) is 0 Å². The summed E-state index contributed by atoms with van der Waals surface area (Å²) in [5, 5.41) is 5.61. The third kappa shape index (κ3) is 3.32. The first-order valence-corrected chi connectivity index (χ1v) is 16.5. The van der Waals surface area contributed by atoms with Gasteiger partial charge in [0.2, 0.25) is 0 Å². The molecule has 0 bridgehead atoms. The molecule has 10 rings (SSSR count). The number of nitrogens with zero attached hydrogens (tertiary/aromatic N) is 1. The van der Waals surface area contributed by atoms with Crippen LogP contribution in [0.25, 0.3) is 64.3 Å². The largest absolute Gasteiger partial charge is 0.311 e. The van der Waals surface area contributed by atoms with Gasteiger partial charge in [0.15, 0.2) is 0 Å². The van der Waals surface area contributed by atoms with Crippen LogP contribution >= 0.6 is 11.3 Å². The Bertz CT molecular complexity index is 2450. The van der Waals surface area contributed by atoms with Gasteiger partial charge in [-0.3, -0.25) is 0 Å². The molecule has 1 nitrogen and oxygen atoms in total. The fourth-order valence-corrected chi connectivity index (χ4v) is 9.34. The number of rotatable bonds is 4. The second kappa shape index (κ2) is 8.94. The fraction of sp³-hybridized carbons (Fsp3) is 0.0698. The summed E-state index contributed by atoms with van der Waals surface area (Å²) >= 11 is 1.93. The molecular formula is C43H29NS. The molecule has 2 aliphatic rings. The number of para-hydroxylation sites is 2. The van der Waals surface area contributed by atoms with Crippen LogP contribution in [0.5, 0.6) is 0 Å². The highest BCUT2D eigenvalue weighted by molar-refractivity contribution is 7.26. The van der Waals surface area contributed by atoms with E-state index in [-0.39, 0.29) is 5.41 Å². The third-order valence-corrected chi connectivity index (χ3v) is 11.3. The second-order valence-corrected chi connectivity index (χ2v) is 14.0. The van der Waals surface area contributed by atoms with E-state index < -0.39 is 0 Å². The molecule has 2 heteroatoms. The first kappa shape index (κ1) is 25.2. The lowest BCUT2D eigenvalue weighted by atomic mass is 9.80. The van der Waals surface area contributed by atoms with E-state index in [0.29, 0.717) is 0 Å². The van der Waals surface area contributed by atoms with Gasteiger partial charge >= 0.3 is 0 Å². The molecule has 1 aromatic heterocycles. The zero-order chi connectivity index (χ0) is 29.9. The van der Waals surface area contributed by atoms with E-state index in [4.69, 9.17) is 0 Å². The number of anilines is 3. The summed E-state index contributed by atoms with van der Waals surface area (Å²) in [7, 11) is 0. The van der Waals surface area contributed by atoms with Crippen LogP contribution in [0, 0.1) is 0 Å². The Kier molecular flexibility index (Phi) is 5.00. The molecule has 2 aliphatic carbocycles. The molecule has 0 atom stereocenters. The van der Waals surface area contributed by atoms with Gasteiger partial charge in [-0.05, 0) is 104 Å². The molecule has 0 saturated carbocycles. The average Bonchev–Trinajstić information content (AvgIpc) is 3.53. The number of benzene rings is 7. The maximum absolute atomic E-state index is 2.46. The molecule has 0 spiro atoms. The average molecular weight is 592 g/mol. The van der Waals surface area contributed by atoms with Crippen LogP contribution in [0.15, 0.2) is 140 Å². The molecule has 0 amide bonds. The Morgan fingerprint density at radius 1 is 0.467 bits per heavy atom. The van der Waals surface area contributed by atoms with E-state index >= 15 is 0 Å². The van der Waals surface area contributed by atoms with Crippen molar-refractivity contribution in [3.05, 3.63) is 151 Å². The first-order valence-electron chi connectivity index (χ1n) is 15.7. The minimum absolute atomic E-state index is 0.0431. The quantitative estimate of drug-likeness (QED) is 0.197. The Hall–Kier alpha value is -5.18. The van der Waals surface area contributed by atoms with Gasteiger partial charge in [0.05, 0.1) is 0 Å². The smallest absolute Gasteiger partial charge is 0.0462 e. The summed E-state index contributed by atoms with van der Waals surface area (Å²) in [5.74, 6) is 0. The highest BCUT2D eigenvalue weighted by Crippen LogP contribution is 2.60. The van der Waals surface area contributed by atoms with Crippen molar-refractivity contribution in [2.45, 2.75) is 19.3 Å². The zero-order valence-corrected chi connectivity index (χ0v) is 26.0. The van der Waals surface area contributed by atoms with Gasteiger partial charge in [0.1, 0.15) is 0 Å². The molecule has 1 heterocycles. The van der Waals surface area contributed by atoms with Crippen LogP contribution in [0.2, 0.25) is 0 Å². The predicted molar refractivity (Wildman–Crippen MR) is 194 cm³/mol. The minimum Gasteiger partial charge on any atom is -0.311 e. The van der Waals surface area contributed by atoms with Gasteiger partial charge in [0.25, 0.3) is 0 Å². The van der Waals surface area contributed by atoms with Gasteiger partial charge in [-0.25, -0.2) is 0 Å². The van der Waals surface area contributed by atoms with Crippen molar-refractivity contribution in [1.29, 1.82) is 0 Å². The SMILES string of the molecule is CC1(C)c2cccc3c2-c2c1ccc1c(-c4ccc(N(c5ccccc5)c5ccccc5)cc4)cc4sc5cccc-3c5c4c21. The highest BCUT2D eigenvalue weighted by atomic mass is 32.1. The fourth-order valence-electron chi connectivity index (χ4n) is 8.16. The molecule has 0 saturated heterocycles. The summed E-state index contributed by atoms with van der Waals surface area (Å²) in [6.07, 6.45) is 0. The highest BCUT2D eigenvalue weighted by Gasteiger charge is 2.40. The first-order chi connectivity index (χ1) is 22.1. The van der Waals surface area contributed by atoms with Crippen molar-refractivity contribution in [3.63, 3.8) is 0 Å². The standard InChI is InChI=1S/C43H29NS/c1-43(2)34-17-9-15-30-31-16-10-18-36-39(31)42-37(45-36)25-33(32-23-24-35(43)41(38(30)34)40(32)42)26-19-21-29(22-20-26)44(27-11-5-3-6-12-27)28-13-7-4-8-14-28/h3-25H,1-2H3. The van der Waals surface area contributed by atoms with Gasteiger partial charge < -0.3 is 4.90 Å². The summed E-state index contributed by atoms with van der Waals surface area (Å²) < 4.78 is 2.73. The van der Waals surface area contributed by atoms with E-state index in [9.17, 15) is 0 Å². The Labute approximate surface area is 266 Å². The summed E-state index contributed by atoms with van der Waals surface area (Å²) in [6, 6.07) is 51.6. The molecule has 0 aliphatic heterocycles. The topological polar surface area (TPSA) is 3.24 Å². The summed E-state index contributed by atoms with van der Waals surface area (Å²) in [5.41, 5.74) is 14.5. The van der Waals surface area contributed by atoms with Crippen LogP contribution in [-0.2, 0) is 5.41 Å². The Morgan fingerprint density at radius 2 is 1.11 bits per heavy atom. The lowest BCUT2D eigenvalue weighted by molar-refractivity contribution is 0.661. The number of thiophene rings is 1. The maximum Gasteiger partial charge on any atom is 0.0462 e. The molecule has 0 N–H and O–H groups in total. The Balaban J connectivity index is 1.24. The molecular weight excluding hydrogens is 563 g/mol. The number of hydrogen-bond donors (Lipinski definition) is 0.